The maximum absolute atomic E-state index is 5.44. The first-order valence-electron chi connectivity index (χ1n) is 4.10. The van der Waals surface area contributed by atoms with Gasteiger partial charge in [0.2, 0.25) is 5.95 Å². The van der Waals surface area contributed by atoms with E-state index in [-0.39, 0.29) is 0 Å². The number of nitrogen functional groups attached to an aromatic ring is 1. The van der Waals surface area contributed by atoms with Gasteiger partial charge >= 0.3 is 0 Å². The Labute approximate surface area is 75.5 Å². The van der Waals surface area contributed by atoms with E-state index in [9.17, 15) is 0 Å². The van der Waals surface area contributed by atoms with Crippen molar-refractivity contribution >= 4 is 17.7 Å². The summed E-state index contributed by atoms with van der Waals surface area (Å²) >= 11 is 2.01. The van der Waals surface area contributed by atoms with Crippen molar-refractivity contribution in [3.8, 4) is 0 Å². The van der Waals surface area contributed by atoms with Crippen molar-refractivity contribution in [2.45, 2.75) is 18.9 Å². The average molecular weight is 184 g/mol. The minimum absolute atomic E-state index is 0.383. The highest BCUT2D eigenvalue weighted by Crippen LogP contribution is 2.25. The number of rotatable bonds is 1. The van der Waals surface area contributed by atoms with Crippen LogP contribution in [0.25, 0.3) is 0 Å². The molecule has 1 aliphatic heterocycles. The monoisotopic (exact) mass is 184 g/mol. The lowest BCUT2D eigenvalue weighted by atomic mass is 10.2. The molecule has 4 nitrogen and oxygen atoms in total. The third-order valence-corrected chi connectivity index (χ3v) is 3.14. The van der Waals surface area contributed by atoms with Crippen molar-refractivity contribution in [1.82, 2.24) is 14.8 Å². The Morgan fingerprint density at radius 2 is 2.25 bits per heavy atom. The molecular formula is C7H12N4S. The highest BCUT2D eigenvalue weighted by atomic mass is 32.2. The number of nitrogens with zero attached hydrogens (tertiary/aromatic N) is 3. The molecule has 0 amide bonds. The van der Waals surface area contributed by atoms with Crippen LogP contribution in [0.4, 0.5) is 5.95 Å². The Morgan fingerprint density at radius 1 is 1.50 bits per heavy atom. The summed E-state index contributed by atoms with van der Waals surface area (Å²) in [7, 11) is 0. The van der Waals surface area contributed by atoms with Crippen LogP contribution >= 0.6 is 11.8 Å². The Hall–Kier alpha value is -0.710. The van der Waals surface area contributed by atoms with Crippen LogP contribution < -0.4 is 5.73 Å². The van der Waals surface area contributed by atoms with Gasteiger partial charge in [-0.05, 0) is 24.3 Å². The van der Waals surface area contributed by atoms with E-state index in [4.69, 9.17) is 5.73 Å². The highest BCUT2D eigenvalue weighted by molar-refractivity contribution is 7.99. The van der Waals surface area contributed by atoms with E-state index in [0.717, 1.165) is 0 Å². The average Bonchev–Trinajstić information content (AvgIpc) is 2.54. The molecule has 1 fully saturated rings. The second-order valence-electron chi connectivity index (χ2n) is 2.93. The summed E-state index contributed by atoms with van der Waals surface area (Å²) in [4.78, 5) is 3.91. The number of thioether (sulfide) groups is 1. The number of aromatic nitrogens is 3. The summed E-state index contributed by atoms with van der Waals surface area (Å²) in [6.45, 7) is 0. The third-order valence-electron chi connectivity index (χ3n) is 2.09. The molecular weight excluding hydrogens is 172 g/mol. The predicted molar refractivity (Wildman–Crippen MR) is 50.0 cm³/mol. The molecule has 0 spiro atoms. The Morgan fingerprint density at radius 3 is 2.83 bits per heavy atom. The van der Waals surface area contributed by atoms with Gasteiger partial charge in [0, 0.05) is 0 Å². The van der Waals surface area contributed by atoms with E-state index in [0.29, 0.717) is 12.0 Å². The molecule has 12 heavy (non-hydrogen) atoms. The minimum Gasteiger partial charge on any atom is -0.367 e. The molecule has 0 aromatic carbocycles. The lowest BCUT2D eigenvalue weighted by Gasteiger charge is -2.20. The standard InChI is InChI=1S/C7H12N4S/c8-7-9-5-11(10-7)6-1-3-12-4-2-6/h5-6H,1-4H2,(H2,8,10). The van der Waals surface area contributed by atoms with Gasteiger partial charge in [0.15, 0.2) is 0 Å². The fraction of sp³-hybridized carbons (Fsp3) is 0.714. The smallest absolute Gasteiger partial charge is 0.239 e. The van der Waals surface area contributed by atoms with E-state index in [2.05, 4.69) is 10.1 Å². The molecule has 1 saturated heterocycles. The second kappa shape index (κ2) is 3.35. The van der Waals surface area contributed by atoms with Gasteiger partial charge in [-0.15, -0.1) is 5.10 Å². The third kappa shape index (κ3) is 1.55. The number of nitrogens with two attached hydrogens (primary N) is 1. The lowest BCUT2D eigenvalue weighted by molar-refractivity contribution is 0.426. The first-order chi connectivity index (χ1) is 5.86. The van der Waals surface area contributed by atoms with Crippen LogP contribution in [-0.2, 0) is 0 Å². The first-order valence-corrected chi connectivity index (χ1v) is 5.26. The first kappa shape index (κ1) is 7.91. The molecule has 0 aliphatic carbocycles. The van der Waals surface area contributed by atoms with Crippen LogP contribution in [0.5, 0.6) is 0 Å². The van der Waals surface area contributed by atoms with Crippen LogP contribution in [0.15, 0.2) is 6.33 Å². The van der Waals surface area contributed by atoms with Crippen LogP contribution in [0.1, 0.15) is 18.9 Å². The normalized spacial score (nSPS) is 19.7. The van der Waals surface area contributed by atoms with Gasteiger partial charge in [-0.25, -0.2) is 9.67 Å². The number of hydrogen-bond acceptors (Lipinski definition) is 4. The van der Waals surface area contributed by atoms with Gasteiger partial charge in [-0.2, -0.15) is 11.8 Å². The summed E-state index contributed by atoms with van der Waals surface area (Å²) in [5, 5.41) is 4.11. The Bertz CT molecular complexity index is 254. The highest BCUT2D eigenvalue weighted by Gasteiger charge is 2.16. The van der Waals surface area contributed by atoms with Crippen molar-refractivity contribution < 1.29 is 0 Å². The summed E-state index contributed by atoms with van der Waals surface area (Å²) in [5.41, 5.74) is 5.44. The van der Waals surface area contributed by atoms with Gasteiger partial charge in [0.1, 0.15) is 6.33 Å². The summed E-state index contributed by atoms with van der Waals surface area (Å²) < 4.78 is 1.90. The molecule has 0 bridgehead atoms. The largest absolute Gasteiger partial charge is 0.367 e. The van der Waals surface area contributed by atoms with E-state index in [1.165, 1.54) is 24.3 Å². The maximum atomic E-state index is 5.44. The van der Waals surface area contributed by atoms with Gasteiger partial charge in [-0.1, -0.05) is 0 Å². The Balaban J connectivity index is 2.08. The van der Waals surface area contributed by atoms with Crippen molar-refractivity contribution in [2.24, 2.45) is 0 Å². The zero-order valence-corrected chi connectivity index (χ0v) is 7.63. The van der Waals surface area contributed by atoms with Gasteiger partial charge in [0.25, 0.3) is 0 Å². The number of hydrogen-bond donors (Lipinski definition) is 1. The predicted octanol–water partition coefficient (Wildman–Crippen LogP) is 0.928. The maximum Gasteiger partial charge on any atom is 0.239 e. The molecule has 1 aromatic rings. The molecule has 2 N–H and O–H groups in total. The fourth-order valence-electron chi connectivity index (χ4n) is 1.41. The fourth-order valence-corrected chi connectivity index (χ4v) is 2.50. The minimum atomic E-state index is 0.383. The lowest BCUT2D eigenvalue weighted by Crippen LogP contribution is -2.15. The van der Waals surface area contributed by atoms with Crippen LogP contribution in [0.3, 0.4) is 0 Å². The molecule has 2 heterocycles. The molecule has 5 heteroatoms. The SMILES string of the molecule is Nc1ncn(C2CCSCC2)n1. The zero-order valence-electron chi connectivity index (χ0n) is 6.81. The van der Waals surface area contributed by atoms with Crippen LogP contribution in [0, 0.1) is 0 Å². The Kier molecular flexibility index (Phi) is 2.21. The zero-order chi connectivity index (χ0) is 8.39. The van der Waals surface area contributed by atoms with Gasteiger partial charge < -0.3 is 5.73 Å². The van der Waals surface area contributed by atoms with Gasteiger partial charge in [0.05, 0.1) is 6.04 Å². The van der Waals surface area contributed by atoms with Crippen molar-refractivity contribution in [1.29, 1.82) is 0 Å². The van der Waals surface area contributed by atoms with E-state index >= 15 is 0 Å². The molecule has 66 valence electrons. The van der Waals surface area contributed by atoms with Gasteiger partial charge in [-0.3, -0.25) is 0 Å². The summed E-state index contributed by atoms with van der Waals surface area (Å²) in [5.74, 6) is 2.84. The molecule has 0 atom stereocenters. The van der Waals surface area contributed by atoms with Crippen molar-refractivity contribution in [3.63, 3.8) is 0 Å². The molecule has 0 radical (unpaired) electrons. The molecule has 2 rings (SSSR count). The van der Waals surface area contributed by atoms with E-state index in [1.54, 1.807) is 6.33 Å². The molecule has 0 unspecified atom stereocenters. The quantitative estimate of drug-likeness (QED) is 0.705. The van der Waals surface area contributed by atoms with E-state index < -0.39 is 0 Å². The summed E-state index contributed by atoms with van der Waals surface area (Å²) in [6.07, 6.45) is 4.11. The van der Waals surface area contributed by atoms with Crippen LogP contribution in [-0.4, -0.2) is 26.3 Å². The molecule has 0 saturated carbocycles. The summed E-state index contributed by atoms with van der Waals surface area (Å²) in [6, 6.07) is 0.524. The van der Waals surface area contributed by atoms with Crippen molar-refractivity contribution in [3.05, 3.63) is 6.33 Å². The van der Waals surface area contributed by atoms with Crippen molar-refractivity contribution in [2.75, 3.05) is 17.2 Å². The van der Waals surface area contributed by atoms with Crippen LogP contribution in [0.2, 0.25) is 0 Å². The molecule has 1 aromatic heterocycles. The second-order valence-corrected chi connectivity index (χ2v) is 4.15. The topological polar surface area (TPSA) is 56.7 Å². The molecule has 1 aliphatic rings. The van der Waals surface area contributed by atoms with E-state index in [1.807, 2.05) is 16.4 Å². The number of anilines is 1.